The lowest BCUT2D eigenvalue weighted by atomic mass is 10.5. The Kier molecular flexibility index (Phi) is 2.80. The van der Waals surface area contributed by atoms with Crippen molar-refractivity contribution in [2.24, 2.45) is 0 Å². The standard InChI is InChI=1S/C9H8FN3O3S/c1-4-11-2-5(17-4)3-13-8(15)6(10)7(14)12-9(13)16/h2,15H,3H2,1H3,(H,12,14,16). The summed E-state index contributed by atoms with van der Waals surface area (Å²) in [5, 5.41) is 10.2. The monoisotopic (exact) mass is 257 g/mol. The fourth-order valence-electron chi connectivity index (χ4n) is 1.32. The highest BCUT2D eigenvalue weighted by molar-refractivity contribution is 7.11. The molecule has 0 amide bonds. The zero-order valence-corrected chi connectivity index (χ0v) is 9.55. The first-order chi connectivity index (χ1) is 7.99. The lowest BCUT2D eigenvalue weighted by Crippen LogP contribution is -2.32. The van der Waals surface area contributed by atoms with Gasteiger partial charge in [-0.05, 0) is 6.92 Å². The SMILES string of the molecule is Cc1ncc(Cn2c(O)c(F)c(=O)[nH]c2=O)s1. The van der Waals surface area contributed by atoms with E-state index in [1.807, 2.05) is 0 Å². The molecule has 90 valence electrons. The molecule has 0 aliphatic heterocycles. The molecular formula is C9H8FN3O3S. The molecule has 0 aliphatic carbocycles. The normalized spacial score (nSPS) is 10.7. The van der Waals surface area contributed by atoms with Crippen LogP contribution in [0.5, 0.6) is 5.88 Å². The van der Waals surface area contributed by atoms with Crippen LogP contribution in [-0.2, 0) is 6.54 Å². The Labute approximate surface area is 98.0 Å². The molecule has 8 heteroatoms. The van der Waals surface area contributed by atoms with Gasteiger partial charge in [0.25, 0.3) is 5.56 Å². The number of aromatic hydroxyl groups is 1. The van der Waals surface area contributed by atoms with Gasteiger partial charge in [-0.15, -0.1) is 11.3 Å². The van der Waals surface area contributed by atoms with Crippen molar-refractivity contribution in [2.45, 2.75) is 13.5 Å². The number of nitrogens with zero attached hydrogens (tertiary/aromatic N) is 2. The maximum Gasteiger partial charge on any atom is 0.331 e. The zero-order chi connectivity index (χ0) is 12.6. The lowest BCUT2D eigenvalue weighted by molar-refractivity contribution is 0.368. The van der Waals surface area contributed by atoms with E-state index in [-0.39, 0.29) is 6.54 Å². The molecule has 2 N–H and O–H groups in total. The Morgan fingerprint density at radius 3 is 2.88 bits per heavy atom. The number of nitrogens with one attached hydrogen (secondary N) is 1. The first kappa shape index (κ1) is 11.5. The second-order valence-electron chi connectivity index (χ2n) is 3.33. The van der Waals surface area contributed by atoms with E-state index < -0.39 is 22.9 Å². The van der Waals surface area contributed by atoms with Gasteiger partial charge in [-0.3, -0.25) is 14.3 Å². The van der Waals surface area contributed by atoms with Crippen molar-refractivity contribution in [3.05, 3.63) is 42.7 Å². The molecule has 17 heavy (non-hydrogen) atoms. The number of halogens is 1. The molecule has 0 aliphatic rings. The predicted octanol–water partition coefficient (Wildman–Crippen LogP) is 0.195. The number of H-pyrrole nitrogens is 1. The Morgan fingerprint density at radius 1 is 1.59 bits per heavy atom. The molecule has 0 bridgehead atoms. The molecule has 0 aromatic carbocycles. The van der Waals surface area contributed by atoms with Crippen molar-refractivity contribution >= 4 is 11.3 Å². The minimum atomic E-state index is -1.37. The first-order valence-corrected chi connectivity index (χ1v) is 5.43. The Hall–Kier alpha value is -1.96. The van der Waals surface area contributed by atoms with Crippen LogP contribution < -0.4 is 11.2 Å². The van der Waals surface area contributed by atoms with Crippen molar-refractivity contribution in [3.8, 4) is 5.88 Å². The maximum absolute atomic E-state index is 13.1. The summed E-state index contributed by atoms with van der Waals surface area (Å²) in [4.78, 5) is 28.7. The van der Waals surface area contributed by atoms with Gasteiger partial charge in [0.2, 0.25) is 11.7 Å². The van der Waals surface area contributed by atoms with Gasteiger partial charge < -0.3 is 5.11 Å². The van der Waals surface area contributed by atoms with E-state index in [0.717, 1.165) is 9.57 Å². The molecule has 0 saturated heterocycles. The summed E-state index contributed by atoms with van der Waals surface area (Å²) >= 11 is 1.31. The minimum absolute atomic E-state index is 0.0378. The quantitative estimate of drug-likeness (QED) is 0.804. The van der Waals surface area contributed by atoms with E-state index in [2.05, 4.69) is 4.98 Å². The molecule has 0 fully saturated rings. The van der Waals surface area contributed by atoms with Crippen molar-refractivity contribution in [1.82, 2.24) is 14.5 Å². The number of rotatable bonds is 2. The van der Waals surface area contributed by atoms with Gasteiger partial charge >= 0.3 is 5.69 Å². The van der Waals surface area contributed by atoms with Gasteiger partial charge in [0.1, 0.15) is 0 Å². The summed E-state index contributed by atoms with van der Waals surface area (Å²) < 4.78 is 13.9. The van der Waals surface area contributed by atoms with Crippen molar-refractivity contribution in [1.29, 1.82) is 0 Å². The van der Waals surface area contributed by atoms with E-state index in [0.29, 0.717) is 4.88 Å². The fraction of sp³-hybridized carbons (Fsp3) is 0.222. The summed E-state index contributed by atoms with van der Waals surface area (Å²) in [6, 6.07) is 0. The van der Waals surface area contributed by atoms with E-state index in [1.165, 1.54) is 17.5 Å². The molecule has 2 aromatic heterocycles. The van der Waals surface area contributed by atoms with E-state index in [4.69, 9.17) is 0 Å². The molecule has 2 aromatic rings. The first-order valence-electron chi connectivity index (χ1n) is 4.62. The molecule has 0 unspecified atom stereocenters. The third-order valence-electron chi connectivity index (χ3n) is 2.10. The third kappa shape index (κ3) is 2.11. The number of aromatic nitrogens is 3. The third-order valence-corrected chi connectivity index (χ3v) is 3.00. The van der Waals surface area contributed by atoms with Crippen molar-refractivity contribution in [3.63, 3.8) is 0 Å². The van der Waals surface area contributed by atoms with E-state index >= 15 is 0 Å². The molecule has 0 radical (unpaired) electrons. The molecular weight excluding hydrogens is 249 g/mol. The predicted molar refractivity (Wildman–Crippen MR) is 58.9 cm³/mol. The van der Waals surface area contributed by atoms with Crippen LogP contribution >= 0.6 is 11.3 Å². The van der Waals surface area contributed by atoms with Crippen LogP contribution in [0, 0.1) is 12.7 Å². The van der Waals surface area contributed by atoms with Gasteiger partial charge in [-0.2, -0.15) is 4.39 Å². The summed E-state index contributed by atoms with van der Waals surface area (Å²) in [6.07, 6.45) is 1.52. The largest absolute Gasteiger partial charge is 0.492 e. The Morgan fingerprint density at radius 2 is 2.29 bits per heavy atom. The second-order valence-corrected chi connectivity index (χ2v) is 4.65. The lowest BCUT2D eigenvalue weighted by Gasteiger charge is -2.05. The van der Waals surface area contributed by atoms with Crippen LogP contribution in [0.4, 0.5) is 4.39 Å². The summed E-state index contributed by atoms with van der Waals surface area (Å²) in [7, 11) is 0. The Bertz CT molecular complexity index is 673. The molecule has 2 rings (SSSR count). The average Bonchev–Trinajstić information content (AvgIpc) is 2.67. The number of hydrogen-bond donors (Lipinski definition) is 2. The molecule has 2 heterocycles. The van der Waals surface area contributed by atoms with E-state index in [9.17, 15) is 19.1 Å². The average molecular weight is 257 g/mol. The number of aryl methyl sites for hydroxylation is 1. The minimum Gasteiger partial charge on any atom is -0.492 e. The van der Waals surface area contributed by atoms with Gasteiger partial charge in [-0.25, -0.2) is 9.78 Å². The highest BCUT2D eigenvalue weighted by Crippen LogP contribution is 2.15. The van der Waals surface area contributed by atoms with Crippen LogP contribution in [-0.4, -0.2) is 19.6 Å². The maximum atomic E-state index is 13.1. The number of thiazole rings is 1. The number of aromatic amines is 1. The van der Waals surface area contributed by atoms with Crippen LogP contribution in [0.25, 0.3) is 0 Å². The second kappa shape index (κ2) is 4.13. The molecule has 6 nitrogen and oxygen atoms in total. The fourth-order valence-corrected chi connectivity index (χ4v) is 2.10. The van der Waals surface area contributed by atoms with Crippen molar-refractivity contribution < 1.29 is 9.50 Å². The topological polar surface area (TPSA) is 88.0 Å². The van der Waals surface area contributed by atoms with Crippen molar-refractivity contribution in [2.75, 3.05) is 0 Å². The summed E-state index contributed by atoms with van der Waals surface area (Å²) in [5.74, 6) is -2.34. The van der Waals surface area contributed by atoms with Gasteiger partial charge in [0.15, 0.2) is 0 Å². The summed E-state index contributed by atoms with van der Waals surface area (Å²) in [5.41, 5.74) is -2.09. The van der Waals surface area contributed by atoms with E-state index in [1.54, 1.807) is 11.9 Å². The summed E-state index contributed by atoms with van der Waals surface area (Å²) in [6.45, 7) is 1.74. The molecule has 0 atom stereocenters. The highest BCUT2D eigenvalue weighted by atomic mass is 32.1. The Balaban J connectivity index is 2.50. The van der Waals surface area contributed by atoms with Crippen LogP contribution in [0.2, 0.25) is 0 Å². The van der Waals surface area contributed by atoms with Gasteiger partial charge in [-0.1, -0.05) is 0 Å². The highest BCUT2D eigenvalue weighted by Gasteiger charge is 2.14. The number of hydrogen-bond acceptors (Lipinski definition) is 5. The molecule has 0 saturated carbocycles. The molecule has 0 spiro atoms. The van der Waals surface area contributed by atoms with Crippen LogP contribution in [0.1, 0.15) is 9.88 Å². The van der Waals surface area contributed by atoms with Gasteiger partial charge in [0.05, 0.1) is 11.6 Å². The van der Waals surface area contributed by atoms with Crippen LogP contribution in [0.3, 0.4) is 0 Å². The zero-order valence-electron chi connectivity index (χ0n) is 8.73. The smallest absolute Gasteiger partial charge is 0.331 e. The van der Waals surface area contributed by atoms with Crippen LogP contribution in [0.15, 0.2) is 15.8 Å². The van der Waals surface area contributed by atoms with Gasteiger partial charge in [0, 0.05) is 11.1 Å².